The van der Waals surface area contributed by atoms with E-state index in [9.17, 15) is 4.79 Å². The summed E-state index contributed by atoms with van der Waals surface area (Å²) < 4.78 is 0. The summed E-state index contributed by atoms with van der Waals surface area (Å²) in [6, 6.07) is 5.19. The van der Waals surface area contributed by atoms with Gasteiger partial charge in [0.1, 0.15) is 0 Å². The van der Waals surface area contributed by atoms with E-state index < -0.39 is 0 Å². The van der Waals surface area contributed by atoms with Crippen LogP contribution in [0.25, 0.3) is 0 Å². The van der Waals surface area contributed by atoms with E-state index in [4.69, 9.17) is 23.2 Å². The number of anilines is 1. The lowest BCUT2D eigenvalue weighted by Gasteiger charge is -2.12. The first-order valence-electron chi connectivity index (χ1n) is 5.41. The normalized spacial score (nSPS) is 16.6. The van der Waals surface area contributed by atoms with Crippen LogP contribution in [0.2, 0.25) is 10.0 Å². The van der Waals surface area contributed by atoms with Crippen molar-refractivity contribution in [1.82, 2.24) is 0 Å². The molecule has 0 unspecified atom stereocenters. The van der Waals surface area contributed by atoms with Gasteiger partial charge in [0.2, 0.25) is 5.91 Å². The fourth-order valence-corrected chi connectivity index (χ4v) is 2.48. The van der Waals surface area contributed by atoms with Crippen molar-refractivity contribution in [3.63, 3.8) is 0 Å². The number of carbonyl (C=O) groups excluding carboxylic acids is 1. The van der Waals surface area contributed by atoms with Crippen molar-refractivity contribution in [3.05, 3.63) is 28.2 Å². The second kappa shape index (κ2) is 5.09. The Kier molecular flexibility index (Phi) is 3.91. The van der Waals surface area contributed by atoms with Gasteiger partial charge in [-0.2, -0.15) is 12.6 Å². The molecule has 0 aliphatic heterocycles. The monoisotopic (exact) mass is 289 g/mol. The number of nitrogens with one attached hydrogen (secondary N) is 1. The fourth-order valence-electron chi connectivity index (χ4n) is 1.70. The average Bonchev–Trinajstić information content (AvgIpc) is 3.05. The minimum absolute atomic E-state index is 0.0271. The molecule has 2 rings (SSSR count). The molecule has 0 radical (unpaired) electrons. The molecule has 92 valence electrons. The zero-order chi connectivity index (χ0) is 12.5. The van der Waals surface area contributed by atoms with E-state index in [2.05, 4.69) is 17.9 Å². The first-order valence-corrected chi connectivity index (χ1v) is 6.80. The molecule has 0 atom stereocenters. The molecule has 0 bridgehead atoms. The van der Waals surface area contributed by atoms with Gasteiger partial charge in [0.05, 0.1) is 15.7 Å². The molecule has 1 fully saturated rings. The van der Waals surface area contributed by atoms with Crippen LogP contribution in [0.3, 0.4) is 0 Å². The molecule has 1 amide bonds. The Hall–Kier alpha value is -0.380. The van der Waals surface area contributed by atoms with Crippen molar-refractivity contribution < 1.29 is 4.79 Å². The van der Waals surface area contributed by atoms with Crippen LogP contribution in [0.1, 0.15) is 19.3 Å². The Morgan fingerprint density at radius 2 is 2.12 bits per heavy atom. The standard InChI is InChI=1S/C12H13Cl2NOS/c13-8-2-1-3-9(11(8)14)15-10(16)6-12(7-17)4-5-12/h1-3,17H,4-7H2,(H,15,16). The van der Waals surface area contributed by atoms with Crippen molar-refractivity contribution in [2.24, 2.45) is 5.41 Å². The van der Waals surface area contributed by atoms with E-state index in [1.54, 1.807) is 18.2 Å². The van der Waals surface area contributed by atoms with Crippen LogP contribution in [0.15, 0.2) is 18.2 Å². The maximum absolute atomic E-state index is 11.8. The Labute approximate surface area is 116 Å². The largest absolute Gasteiger partial charge is 0.325 e. The Morgan fingerprint density at radius 3 is 2.71 bits per heavy atom. The van der Waals surface area contributed by atoms with Gasteiger partial charge in [-0.3, -0.25) is 4.79 Å². The lowest BCUT2D eigenvalue weighted by atomic mass is 10.1. The fraction of sp³-hybridized carbons (Fsp3) is 0.417. The maximum Gasteiger partial charge on any atom is 0.225 e. The zero-order valence-electron chi connectivity index (χ0n) is 9.17. The predicted octanol–water partition coefficient (Wildman–Crippen LogP) is 4.03. The highest BCUT2D eigenvalue weighted by molar-refractivity contribution is 7.80. The van der Waals surface area contributed by atoms with Crippen LogP contribution in [-0.4, -0.2) is 11.7 Å². The minimum atomic E-state index is -0.0271. The molecular formula is C12H13Cl2NOS. The second-order valence-electron chi connectivity index (χ2n) is 4.48. The van der Waals surface area contributed by atoms with Gasteiger partial charge in [0.25, 0.3) is 0 Å². The molecule has 1 saturated carbocycles. The smallest absolute Gasteiger partial charge is 0.225 e. The Balaban J connectivity index is 2.01. The molecular weight excluding hydrogens is 277 g/mol. The van der Waals surface area contributed by atoms with Crippen molar-refractivity contribution >= 4 is 47.4 Å². The van der Waals surface area contributed by atoms with E-state index in [1.165, 1.54) is 0 Å². The highest BCUT2D eigenvalue weighted by Gasteiger charge is 2.42. The Bertz CT molecular complexity index is 446. The van der Waals surface area contributed by atoms with Crippen molar-refractivity contribution in [2.75, 3.05) is 11.1 Å². The molecule has 1 aliphatic rings. The van der Waals surface area contributed by atoms with Crippen molar-refractivity contribution in [1.29, 1.82) is 0 Å². The topological polar surface area (TPSA) is 29.1 Å². The number of hydrogen-bond donors (Lipinski definition) is 2. The lowest BCUT2D eigenvalue weighted by molar-refractivity contribution is -0.117. The van der Waals surface area contributed by atoms with Gasteiger partial charge in [-0.05, 0) is 36.1 Å². The highest BCUT2D eigenvalue weighted by Crippen LogP contribution is 2.49. The zero-order valence-corrected chi connectivity index (χ0v) is 11.6. The molecule has 0 aromatic heterocycles. The number of thiol groups is 1. The second-order valence-corrected chi connectivity index (χ2v) is 5.59. The van der Waals surface area contributed by atoms with Gasteiger partial charge < -0.3 is 5.32 Å². The third-order valence-corrected chi connectivity index (χ3v) is 4.54. The van der Waals surface area contributed by atoms with E-state index in [0.717, 1.165) is 18.6 Å². The first kappa shape index (κ1) is 13.1. The van der Waals surface area contributed by atoms with Crippen LogP contribution in [0.4, 0.5) is 5.69 Å². The summed E-state index contributed by atoms with van der Waals surface area (Å²) in [5, 5.41) is 3.62. The molecule has 1 aliphatic carbocycles. The van der Waals surface area contributed by atoms with Crippen molar-refractivity contribution in [2.45, 2.75) is 19.3 Å². The summed E-state index contributed by atoms with van der Waals surface area (Å²) in [6.45, 7) is 0. The maximum atomic E-state index is 11.8. The summed E-state index contributed by atoms with van der Waals surface area (Å²) in [5.74, 6) is 0.727. The van der Waals surface area contributed by atoms with Crippen LogP contribution >= 0.6 is 35.8 Å². The predicted molar refractivity (Wildman–Crippen MR) is 75.2 cm³/mol. The first-order chi connectivity index (χ1) is 8.06. The number of amides is 1. The number of rotatable bonds is 4. The van der Waals surface area contributed by atoms with E-state index in [-0.39, 0.29) is 11.3 Å². The number of hydrogen-bond acceptors (Lipinski definition) is 2. The number of carbonyl (C=O) groups is 1. The molecule has 2 nitrogen and oxygen atoms in total. The van der Waals surface area contributed by atoms with Crippen LogP contribution < -0.4 is 5.32 Å². The molecule has 0 spiro atoms. The SMILES string of the molecule is O=C(CC1(CS)CC1)Nc1cccc(Cl)c1Cl. The quantitative estimate of drug-likeness (QED) is 0.805. The molecule has 5 heteroatoms. The molecule has 17 heavy (non-hydrogen) atoms. The average molecular weight is 290 g/mol. The third kappa shape index (κ3) is 3.09. The van der Waals surface area contributed by atoms with E-state index in [1.807, 2.05) is 0 Å². The van der Waals surface area contributed by atoms with Gasteiger partial charge in [0, 0.05) is 6.42 Å². The summed E-state index contributed by atoms with van der Waals surface area (Å²) in [7, 11) is 0. The van der Waals surface area contributed by atoms with Crippen LogP contribution in [0, 0.1) is 5.41 Å². The van der Waals surface area contributed by atoms with Crippen LogP contribution in [-0.2, 0) is 4.79 Å². The van der Waals surface area contributed by atoms with E-state index in [0.29, 0.717) is 22.2 Å². The Morgan fingerprint density at radius 1 is 1.41 bits per heavy atom. The summed E-state index contributed by atoms with van der Waals surface area (Å²) in [4.78, 5) is 11.8. The molecule has 1 aromatic carbocycles. The summed E-state index contributed by atoms with van der Waals surface area (Å²) in [6.07, 6.45) is 2.65. The lowest BCUT2D eigenvalue weighted by Crippen LogP contribution is -2.18. The van der Waals surface area contributed by atoms with Gasteiger partial charge in [-0.15, -0.1) is 0 Å². The van der Waals surface area contributed by atoms with E-state index >= 15 is 0 Å². The van der Waals surface area contributed by atoms with Gasteiger partial charge in [-0.25, -0.2) is 0 Å². The molecule has 1 aromatic rings. The third-order valence-electron chi connectivity index (χ3n) is 3.05. The number of benzene rings is 1. The van der Waals surface area contributed by atoms with Gasteiger partial charge in [-0.1, -0.05) is 29.3 Å². The van der Waals surface area contributed by atoms with Gasteiger partial charge in [0.15, 0.2) is 0 Å². The van der Waals surface area contributed by atoms with Crippen LogP contribution in [0.5, 0.6) is 0 Å². The number of halogens is 2. The van der Waals surface area contributed by atoms with Crippen molar-refractivity contribution in [3.8, 4) is 0 Å². The molecule has 0 saturated heterocycles. The molecule has 1 N–H and O–H groups in total. The molecule has 0 heterocycles. The van der Waals surface area contributed by atoms with Gasteiger partial charge >= 0.3 is 0 Å². The summed E-state index contributed by atoms with van der Waals surface area (Å²) >= 11 is 16.1. The highest BCUT2D eigenvalue weighted by atomic mass is 35.5. The summed E-state index contributed by atoms with van der Waals surface area (Å²) in [5.41, 5.74) is 0.678. The minimum Gasteiger partial charge on any atom is -0.325 e.